The molecule has 1 unspecified atom stereocenters. The van der Waals surface area contributed by atoms with E-state index in [0.717, 1.165) is 23.1 Å². The highest BCUT2D eigenvalue weighted by atomic mass is 32.2. The molecule has 164 valence electrons. The Morgan fingerprint density at radius 1 is 0.844 bits per heavy atom. The van der Waals surface area contributed by atoms with Crippen LogP contribution in [0.5, 0.6) is 0 Å². The molecule has 4 aromatic rings. The summed E-state index contributed by atoms with van der Waals surface area (Å²) in [6.45, 7) is 2.48. The van der Waals surface area contributed by atoms with Crippen molar-refractivity contribution in [3.63, 3.8) is 0 Å². The van der Waals surface area contributed by atoms with Gasteiger partial charge in [0.15, 0.2) is 0 Å². The molecule has 1 aliphatic heterocycles. The second kappa shape index (κ2) is 8.86. The monoisotopic (exact) mass is 446 g/mol. The van der Waals surface area contributed by atoms with Gasteiger partial charge in [0.2, 0.25) is 10.0 Å². The zero-order valence-corrected chi connectivity index (χ0v) is 18.6. The first kappa shape index (κ1) is 20.9. The Bertz CT molecular complexity index is 1260. The minimum absolute atomic E-state index is 0.0107. The molecule has 1 atom stereocenters. The third-order valence-corrected chi connectivity index (χ3v) is 7.79. The van der Waals surface area contributed by atoms with Gasteiger partial charge in [0.05, 0.1) is 22.8 Å². The number of nitrogens with zero attached hydrogens (tertiary/aromatic N) is 3. The second-order valence-corrected chi connectivity index (χ2v) is 10.1. The minimum Gasteiger partial charge on any atom is -0.341 e. The van der Waals surface area contributed by atoms with Gasteiger partial charge < -0.3 is 4.98 Å². The van der Waals surface area contributed by atoms with Gasteiger partial charge >= 0.3 is 0 Å². The third kappa shape index (κ3) is 4.46. The standard InChI is InChI=1S/C25H26N4O2S/c30-32(31,19-21-11-5-2-6-12-21)29-16-15-28(17-20-9-3-1-4-10-20)18-24(29)25-26-22-13-7-8-14-23(22)27-25/h1-14,24H,15-19H2,(H,26,27). The zero-order valence-electron chi connectivity index (χ0n) is 17.8. The van der Waals surface area contributed by atoms with E-state index in [2.05, 4.69) is 22.0 Å². The molecule has 0 amide bonds. The number of rotatable bonds is 6. The topological polar surface area (TPSA) is 69.3 Å². The van der Waals surface area contributed by atoms with E-state index in [1.54, 1.807) is 4.31 Å². The van der Waals surface area contributed by atoms with Crippen LogP contribution in [0, 0.1) is 0 Å². The van der Waals surface area contributed by atoms with Crippen LogP contribution in [0.1, 0.15) is 23.0 Å². The van der Waals surface area contributed by atoms with Gasteiger partial charge in [-0.25, -0.2) is 13.4 Å². The normalized spacial score (nSPS) is 18.2. The summed E-state index contributed by atoms with van der Waals surface area (Å²) >= 11 is 0. The molecule has 3 aromatic carbocycles. The van der Waals surface area contributed by atoms with Crippen LogP contribution in [0.15, 0.2) is 84.9 Å². The zero-order chi connectivity index (χ0) is 22.0. The second-order valence-electron chi connectivity index (χ2n) is 8.23. The summed E-state index contributed by atoms with van der Waals surface area (Å²) in [6, 6.07) is 27.1. The van der Waals surface area contributed by atoms with Crippen molar-refractivity contribution >= 4 is 21.1 Å². The third-order valence-electron chi connectivity index (χ3n) is 5.94. The van der Waals surface area contributed by atoms with E-state index in [4.69, 9.17) is 4.98 Å². The van der Waals surface area contributed by atoms with Gasteiger partial charge in [0.25, 0.3) is 0 Å². The number of sulfonamides is 1. The summed E-state index contributed by atoms with van der Waals surface area (Å²) in [5.41, 5.74) is 3.78. The molecule has 0 spiro atoms. The van der Waals surface area contributed by atoms with E-state index < -0.39 is 10.0 Å². The number of piperazine rings is 1. The van der Waals surface area contributed by atoms with Gasteiger partial charge in [0, 0.05) is 26.2 Å². The number of aromatic nitrogens is 2. The van der Waals surface area contributed by atoms with Gasteiger partial charge in [0.1, 0.15) is 5.82 Å². The molecule has 32 heavy (non-hydrogen) atoms. The Balaban J connectivity index is 1.46. The van der Waals surface area contributed by atoms with Crippen LogP contribution in [0.25, 0.3) is 11.0 Å². The molecular weight excluding hydrogens is 420 g/mol. The van der Waals surface area contributed by atoms with Gasteiger partial charge in [-0.2, -0.15) is 4.31 Å². The highest BCUT2D eigenvalue weighted by Crippen LogP contribution is 2.30. The van der Waals surface area contributed by atoms with E-state index in [1.165, 1.54) is 5.56 Å². The van der Waals surface area contributed by atoms with Crippen molar-refractivity contribution in [3.05, 3.63) is 102 Å². The maximum absolute atomic E-state index is 13.5. The largest absolute Gasteiger partial charge is 0.341 e. The highest BCUT2D eigenvalue weighted by Gasteiger charge is 2.37. The first-order valence-corrected chi connectivity index (χ1v) is 12.4. The van der Waals surface area contributed by atoms with Gasteiger partial charge in [-0.3, -0.25) is 4.90 Å². The summed E-state index contributed by atoms with van der Waals surface area (Å²) in [7, 11) is -3.52. The number of hydrogen-bond donors (Lipinski definition) is 1. The minimum atomic E-state index is -3.52. The molecular formula is C25H26N4O2S. The lowest BCUT2D eigenvalue weighted by atomic mass is 10.1. The van der Waals surface area contributed by atoms with Crippen LogP contribution in [0.3, 0.4) is 0 Å². The fourth-order valence-corrected chi connectivity index (χ4v) is 6.06. The number of benzene rings is 3. The molecule has 6 nitrogen and oxygen atoms in total. The molecule has 1 aromatic heterocycles. The van der Waals surface area contributed by atoms with Crippen LogP contribution < -0.4 is 0 Å². The Morgan fingerprint density at radius 3 is 2.22 bits per heavy atom. The molecule has 2 heterocycles. The summed E-state index contributed by atoms with van der Waals surface area (Å²) in [5, 5.41) is 0. The average molecular weight is 447 g/mol. The molecule has 0 saturated carbocycles. The van der Waals surface area contributed by atoms with Crippen molar-refractivity contribution in [2.24, 2.45) is 0 Å². The SMILES string of the molecule is O=S(=O)(Cc1ccccc1)N1CCN(Cc2ccccc2)CC1c1nc2ccccc2[nH]1. The Kier molecular flexibility index (Phi) is 5.78. The van der Waals surface area contributed by atoms with Crippen molar-refractivity contribution in [2.75, 3.05) is 19.6 Å². The first-order chi connectivity index (χ1) is 15.6. The summed E-state index contributed by atoms with van der Waals surface area (Å²) < 4.78 is 28.6. The molecule has 7 heteroatoms. The van der Waals surface area contributed by atoms with Crippen molar-refractivity contribution in [1.82, 2.24) is 19.2 Å². The number of aromatic amines is 1. The number of nitrogens with one attached hydrogen (secondary N) is 1. The Labute approximate surface area is 188 Å². The molecule has 0 radical (unpaired) electrons. The smallest absolute Gasteiger partial charge is 0.219 e. The van der Waals surface area contributed by atoms with Crippen molar-refractivity contribution in [2.45, 2.75) is 18.3 Å². The summed E-state index contributed by atoms with van der Waals surface area (Å²) in [6.07, 6.45) is 0. The lowest BCUT2D eigenvalue weighted by molar-refractivity contribution is 0.125. The molecule has 1 N–H and O–H groups in total. The predicted octanol–water partition coefficient (Wildman–Crippen LogP) is 3.95. The number of hydrogen-bond acceptors (Lipinski definition) is 4. The van der Waals surface area contributed by atoms with Crippen LogP contribution in [0.4, 0.5) is 0 Å². The first-order valence-electron chi connectivity index (χ1n) is 10.8. The van der Waals surface area contributed by atoms with Crippen LogP contribution >= 0.6 is 0 Å². The predicted molar refractivity (Wildman–Crippen MR) is 126 cm³/mol. The number of para-hydroxylation sites is 2. The Hall–Kier alpha value is -3.00. The Morgan fingerprint density at radius 2 is 1.50 bits per heavy atom. The molecule has 1 fully saturated rings. The molecule has 1 aliphatic rings. The van der Waals surface area contributed by atoms with Gasteiger partial charge in [-0.15, -0.1) is 0 Å². The number of fused-ring (bicyclic) bond motifs is 1. The van der Waals surface area contributed by atoms with E-state index in [1.807, 2.05) is 72.8 Å². The van der Waals surface area contributed by atoms with E-state index >= 15 is 0 Å². The van der Waals surface area contributed by atoms with Crippen LogP contribution in [-0.4, -0.2) is 47.2 Å². The fraction of sp³-hybridized carbons (Fsp3) is 0.240. The van der Waals surface area contributed by atoms with Crippen molar-refractivity contribution in [3.8, 4) is 0 Å². The maximum Gasteiger partial charge on any atom is 0.219 e. The maximum atomic E-state index is 13.5. The molecule has 0 aliphatic carbocycles. The van der Waals surface area contributed by atoms with E-state index in [0.29, 0.717) is 25.5 Å². The van der Waals surface area contributed by atoms with Crippen molar-refractivity contribution < 1.29 is 8.42 Å². The summed E-state index contributed by atoms with van der Waals surface area (Å²) in [5.74, 6) is 0.684. The number of H-pyrrole nitrogens is 1. The fourth-order valence-electron chi connectivity index (χ4n) is 4.36. The van der Waals surface area contributed by atoms with E-state index in [-0.39, 0.29) is 11.8 Å². The molecule has 0 bridgehead atoms. The average Bonchev–Trinajstić information content (AvgIpc) is 3.24. The lowest BCUT2D eigenvalue weighted by Gasteiger charge is -2.39. The van der Waals surface area contributed by atoms with Crippen LogP contribution in [0.2, 0.25) is 0 Å². The van der Waals surface area contributed by atoms with E-state index in [9.17, 15) is 8.42 Å². The van der Waals surface area contributed by atoms with Gasteiger partial charge in [-0.1, -0.05) is 72.8 Å². The molecule has 1 saturated heterocycles. The molecule has 5 rings (SSSR count). The quantitative estimate of drug-likeness (QED) is 0.487. The lowest BCUT2D eigenvalue weighted by Crippen LogP contribution is -2.50. The highest BCUT2D eigenvalue weighted by molar-refractivity contribution is 7.88. The van der Waals surface area contributed by atoms with Crippen molar-refractivity contribution in [1.29, 1.82) is 0 Å². The summed E-state index contributed by atoms with van der Waals surface area (Å²) in [4.78, 5) is 10.4. The van der Waals surface area contributed by atoms with Gasteiger partial charge in [-0.05, 0) is 23.3 Å². The van der Waals surface area contributed by atoms with Crippen LogP contribution in [-0.2, 0) is 22.3 Å². The number of imidazole rings is 1.